The molecule has 0 bridgehead atoms. The molecular formula is C7H16Cl3P. The summed E-state index contributed by atoms with van der Waals surface area (Å²) in [7, 11) is -1.15. The summed E-state index contributed by atoms with van der Waals surface area (Å²) in [6, 6.07) is 0. The van der Waals surface area contributed by atoms with Gasteiger partial charge in [-0.1, -0.05) is 0 Å². The van der Waals surface area contributed by atoms with Gasteiger partial charge in [-0.3, -0.25) is 0 Å². The van der Waals surface area contributed by atoms with Crippen LogP contribution in [0.15, 0.2) is 0 Å². The Labute approximate surface area is 84.9 Å². The minimum atomic E-state index is -1.15. The molecule has 4 heteroatoms. The quantitative estimate of drug-likeness (QED) is 0.492. The predicted octanol–water partition coefficient (Wildman–Crippen LogP) is 3.08. The molecule has 0 aromatic heterocycles. The monoisotopic (exact) mass is 236 g/mol. The number of halogens is 3. The van der Waals surface area contributed by atoms with Gasteiger partial charge in [-0.2, -0.15) is 0 Å². The average Bonchev–Trinajstić information content (AvgIpc) is 1.88. The van der Waals surface area contributed by atoms with Crippen LogP contribution < -0.4 is 0 Å². The fourth-order valence-corrected chi connectivity index (χ4v) is 7.28. The maximum atomic E-state index is 5.71. The normalized spacial score (nSPS) is 13.5. The molecule has 0 radical (unpaired) electrons. The van der Waals surface area contributed by atoms with Gasteiger partial charge in [0.15, 0.2) is 0 Å². The van der Waals surface area contributed by atoms with Crippen LogP contribution in [-0.2, 0) is 0 Å². The summed E-state index contributed by atoms with van der Waals surface area (Å²) >= 11 is 17.1. The van der Waals surface area contributed by atoms with Crippen LogP contribution >= 0.6 is 42.1 Å². The fraction of sp³-hybridized carbons (Fsp3) is 1.00. The fourth-order valence-electron chi connectivity index (χ4n) is 1.06. The molecule has 0 atom stereocenters. The summed E-state index contributed by atoms with van der Waals surface area (Å²) in [6.07, 6.45) is 3.44. The molecule has 0 aliphatic rings. The first-order chi connectivity index (χ1) is 5.18. The van der Waals surface area contributed by atoms with Crippen molar-refractivity contribution in [2.75, 3.05) is 42.8 Å². The van der Waals surface area contributed by atoms with E-state index < -0.39 is 7.26 Å². The zero-order valence-electron chi connectivity index (χ0n) is 6.88. The van der Waals surface area contributed by atoms with Crippen LogP contribution in [0.25, 0.3) is 0 Å². The van der Waals surface area contributed by atoms with Gasteiger partial charge in [0.25, 0.3) is 0 Å². The van der Waals surface area contributed by atoms with Crippen LogP contribution in [-0.4, -0.2) is 42.8 Å². The molecular weight excluding hydrogens is 221 g/mol. The predicted molar refractivity (Wildman–Crippen MR) is 61.0 cm³/mol. The topological polar surface area (TPSA) is 0 Å². The average molecular weight is 238 g/mol. The Bertz CT molecular complexity index is 80.7. The van der Waals surface area contributed by atoms with Crippen molar-refractivity contribution in [3.05, 3.63) is 0 Å². The zero-order valence-corrected chi connectivity index (χ0v) is 10.1. The molecule has 0 aliphatic carbocycles. The summed E-state index contributed by atoms with van der Waals surface area (Å²) in [5.74, 6) is 2.28. The van der Waals surface area contributed by atoms with Gasteiger partial charge in [0, 0.05) is 0 Å². The van der Waals surface area contributed by atoms with Crippen LogP contribution in [0.4, 0.5) is 0 Å². The first kappa shape index (κ1) is 12.3. The molecule has 0 unspecified atom stereocenters. The van der Waals surface area contributed by atoms with E-state index in [2.05, 4.69) is 6.66 Å². The number of alkyl halides is 3. The van der Waals surface area contributed by atoms with Crippen LogP contribution in [0.5, 0.6) is 0 Å². The second-order valence-corrected chi connectivity index (χ2v) is 9.38. The van der Waals surface area contributed by atoms with Crippen molar-refractivity contribution in [1.82, 2.24) is 0 Å². The van der Waals surface area contributed by atoms with Gasteiger partial charge in [-0.25, -0.2) is 0 Å². The van der Waals surface area contributed by atoms with Gasteiger partial charge in [-0.05, 0) is 0 Å². The molecule has 0 aromatic rings. The number of hydrogen-bond acceptors (Lipinski definition) is 0. The molecule has 0 N–H and O–H groups in total. The van der Waals surface area contributed by atoms with Crippen molar-refractivity contribution in [3.8, 4) is 0 Å². The maximum absolute atomic E-state index is 5.71. The van der Waals surface area contributed by atoms with Crippen molar-refractivity contribution in [2.45, 2.75) is 0 Å². The van der Waals surface area contributed by atoms with Crippen LogP contribution in [0.1, 0.15) is 0 Å². The van der Waals surface area contributed by atoms with E-state index in [1.165, 1.54) is 0 Å². The molecule has 0 aromatic carbocycles. The number of rotatable bonds is 6. The molecule has 70 valence electrons. The summed E-state index contributed by atoms with van der Waals surface area (Å²) in [6.45, 7) is 2.33. The summed E-state index contributed by atoms with van der Waals surface area (Å²) in [5, 5.41) is 0. The standard InChI is InChI=1S/C7H16Cl3P/c1-11(5-2-8,6-3-9)7-4-10/h11H,2-7H2,1H3. The molecule has 0 fully saturated rings. The molecule has 0 saturated carbocycles. The van der Waals surface area contributed by atoms with E-state index in [0.717, 1.165) is 36.1 Å². The van der Waals surface area contributed by atoms with Gasteiger partial charge in [-0.15, -0.1) is 0 Å². The minimum absolute atomic E-state index is 0.760. The van der Waals surface area contributed by atoms with Crippen LogP contribution in [0.3, 0.4) is 0 Å². The molecule has 11 heavy (non-hydrogen) atoms. The van der Waals surface area contributed by atoms with Gasteiger partial charge in [0.1, 0.15) is 0 Å². The van der Waals surface area contributed by atoms with E-state index in [1.54, 1.807) is 0 Å². The molecule has 0 heterocycles. The Hall–Kier alpha value is 1.30. The van der Waals surface area contributed by atoms with Crippen molar-refractivity contribution in [2.24, 2.45) is 0 Å². The molecule has 0 rings (SSSR count). The third kappa shape index (κ3) is 5.53. The Kier molecular flexibility index (Phi) is 7.58. The van der Waals surface area contributed by atoms with Gasteiger partial charge >= 0.3 is 84.9 Å². The first-order valence-corrected chi connectivity index (χ1v) is 8.59. The third-order valence-electron chi connectivity index (χ3n) is 2.09. The van der Waals surface area contributed by atoms with E-state index in [-0.39, 0.29) is 0 Å². The first-order valence-electron chi connectivity index (χ1n) is 3.86. The van der Waals surface area contributed by atoms with Crippen LogP contribution in [0, 0.1) is 0 Å². The Balaban J connectivity index is 3.79. The summed E-state index contributed by atoms with van der Waals surface area (Å²) < 4.78 is 0. The van der Waals surface area contributed by atoms with Crippen LogP contribution in [0.2, 0.25) is 0 Å². The zero-order chi connectivity index (χ0) is 8.74. The summed E-state index contributed by atoms with van der Waals surface area (Å²) in [5.41, 5.74) is 0. The SMILES string of the molecule is C[PH](CCCl)(CCCl)CCCl. The van der Waals surface area contributed by atoms with Crippen molar-refractivity contribution in [3.63, 3.8) is 0 Å². The second kappa shape index (κ2) is 6.78. The van der Waals surface area contributed by atoms with Crippen molar-refractivity contribution >= 4 is 42.1 Å². The third-order valence-corrected chi connectivity index (χ3v) is 7.98. The van der Waals surface area contributed by atoms with E-state index in [9.17, 15) is 0 Å². The van der Waals surface area contributed by atoms with E-state index in [1.807, 2.05) is 0 Å². The Morgan fingerprint density at radius 2 is 1.09 bits per heavy atom. The number of hydrogen-bond donors (Lipinski definition) is 0. The van der Waals surface area contributed by atoms with E-state index in [4.69, 9.17) is 34.8 Å². The Morgan fingerprint density at radius 3 is 1.27 bits per heavy atom. The molecule has 0 amide bonds. The van der Waals surface area contributed by atoms with E-state index >= 15 is 0 Å². The van der Waals surface area contributed by atoms with Crippen molar-refractivity contribution in [1.29, 1.82) is 0 Å². The molecule has 0 aliphatic heterocycles. The van der Waals surface area contributed by atoms with Gasteiger partial charge < -0.3 is 0 Å². The molecule has 0 nitrogen and oxygen atoms in total. The molecule has 0 saturated heterocycles. The van der Waals surface area contributed by atoms with Crippen molar-refractivity contribution < 1.29 is 0 Å². The van der Waals surface area contributed by atoms with E-state index in [0.29, 0.717) is 0 Å². The second-order valence-electron chi connectivity index (χ2n) is 3.13. The van der Waals surface area contributed by atoms with Gasteiger partial charge in [0.2, 0.25) is 0 Å². The molecule has 0 spiro atoms. The summed E-state index contributed by atoms with van der Waals surface area (Å²) in [4.78, 5) is 0. The Morgan fingerprint density at radius 1 is 0.818 bits per heavy atom. The van der Waals surface area contributed by atoms with Gasteiger partial charge in [0.05, 0.1) is 0 Å².